The van der Waals surface area contributed by atoms with Gasteiger partial charge >= 0.3 is 0 Å². The van der Waals surface area contributed by atoms with E-state index in [1.54, 1.807) is 0 Å². The Labute approximate surface area is 241 Å². The lowest BCUT2D eigenvalue weighted by Crippen LogP contribution is -1.95. The van der Waals surface area contributed by atoms with E-state index < -0.39 is 0 Å². The van der Waals surface area contributed by atoms with Crippen molar-refractivity contribution in [2.75, 3.05) is 0 Å². The molecule has 0 saturated carbocycles. The highest BCUT2D eigenvalue weighted by Crippen LogP contribution is 2.36. The SMILES string of the molecule is c1ccc2cc3nc(-c4cc(-c5ccc6cc7ccccc7cc6n5)c5ccc6ccccc6c5n4)ccc3cc2c1. The fourth-order valence-corrected chi connectivity index (χ4v) is 6.22. The summed E-state index contributed by atoms with van der Waals surface area (Å²) in [5, 5.41) is 10.4. The van der Waals surface area contributed by atoms with E-state index in [0.29, 0.717) is 0 Å². The minimum atomic E-state index is 0.837. The standard InChI is InChI=1S/C39H23N3/c1-3-10-27-21-36-29(19-25(27)8-1)14-17-34(40-36)33-23-38(42-39-31-12-6-5-7-24(31)13-16-32(33)39)35-18-15-30-20-26-9-2-4-11-28(26)22-37(30)41-35/h1-23H. The fraction of sp³-hybridized carbons (Fsp3) is 0. The number of benzene rings is 6. The maximum Gasteiger partial charge on any atom is 0.0901 e. The van der Waals surface area contributed by atoms with Crippen LogP contribution in [0, 0.1) is 0 Å². The Balaban J connectivity index is 1.31. The molecule has 9 aromatic rings. The molecule has 0 aliphatic heterocycles. The van der Waals surface area contributed by atoms with E-state index in [9.17, 15) is 0 Å². The first-order valence-corrected chi connectivity index (χ1v) is 14.2. The van der Waals surface area contributed by atoms with Crippen LogP contribution in [0.5, 0.6) is 0 Å². The van der Waals surface area contributed by atoms with E-state index in [0.717, 1.165) is 66.1 Å². The Morgan fingerprint density at radius 1 is 0.310 bits per heavy atom. The summed E-state index contributed by atoms with van der Waals surface area (Å²) in [6.45, 7) is 0. The predicted molar refractivity (Wildman–Crippen MR) is 176 cm³/mol. The monoisotopic (exact) mass is 533 g/mol. The van der Waals surface area contributed by atoms with Crippen LogP contribution in [0.15, 0.2) is 140 Å². The number of pyridine rings is 3. The molecule has 3 heterocycles. The van der Waals surface area contributed by atoms with Crippen LogP contribution in [0.25, 0.3) is 87.7 Å². The summed E-state index contributed by atoms with van der Waals surface area (Å²) in [4.78, 5) is 15.6. The van der Waals surface area contributed by atoms with Crippen molar-refractivity contribution in [3.63, 3.8) is 0 Å². The molecular weight excluding hydrogens is 510 g/mol. The van der Waals surface area contributed by atoms with Crippen molar-refractivity contribution in [3.05, 3.63) is 140 Å². The van der Waals surface area contributed by atoms with Gasteiger partial charge in [0.25, 0.3) is 0 Å². The predicted octanol–water partition coefficient (Wildman–Crippen LogP) is 10.1. The Morgan fingerprint density at radius 2 is 0.833 bits per heavy atom. The zero-order chi connectivity index (χ0) is 27.6. The molecule has 3 aromatic heterocycles. The van der Waals surface area contributed by atoms with E-state index in [1.807, 2.05) is 0 Å². The Kier molecular flexibility index (Phi) is 4.90. The minimum Gasteiger partial charge on any atom is -0.248 e. The lowest BCUT2D eigenvalue weighted by atomic mass is 9.98. The molecular formula is C39H23N3. The van der Waals surface area contributed by atoms with E-state index in [4.69, 9.17) is 15.0 Å². The Morgan fingerprint density at radius 3 is 1.50 bits per heavy atom. The van der Waals surface area contributed by atoms with Crippen molar-refractivity contribution in [2.45, 2.75) is 0 Å². The summed E-state index contributed by atoms with van der Waals surface area (Å²) in [5.74, 6) is 0. The van der Waals surface area contributed by atoms with Gasteiger partial charge in [0.2, 0.25) is 0 Å². The molecule has 0 unspecified atom stereocenters. The number of aromatic nitrogens is 3. The maximum atomic E-state index is 5.24. The zero-order valence-corrected chi connectivity index (χ0v) is 22.6. The molecule has 0 aliphatic rings. The van der Waals surface area contributed by atoms with Crippen LogP contribution in [0.4, 0.5) is 0 Å². The summed E-state index contributed by atoms with van der Waals surface area (Å²) in [5.41, 5.74) is 6.56. The smallest absolute Gasteiger partial charge is 0.0901 e. The van der Waals surface area contributed by atoms with Crippen molar-refractivity contribution in [3.8, 4) is 22.6 Å². The van der Waals surface area contributed by atoms with Gasteiger partial charge in [-0.1, -0.05) is 97.1 Å². The summed E-state index contributed by atoms with van der Waals surface area (Å²) in [6, 6.07) is 49.1. The van der Waals surface area contributed by atoms with Crippen LogP contribution in [-0.2, 0) is 0 Å². The first-order chi connectivity index (χ1) is 20.8. The molecule has 9 rings (SSSR count). The number of hydrogen-bond acceptors (Lipinski definition) is 3. The van der Waals surface area contributed by atoms with E-state index in [2.05, 4.69) is 140 Å². The summed E-state index contributed by atoms with van der Waals surface area (Å²) >= 11 is 0. The van der Waals surface area contributed by atoms with Crippen molar-refractivity contribution in [1.82, 2.24) is 15.0 Å². The number of nitrogens with zero attached hydrogens (tertiary/aromatic N) is 3. The Hall–Kier alpha value is -5.67. The van der Waals surface area contributed by atoms with Crippen LogP contribution in [0.1, 0.15) is 0 Å². The second kappa shape index (κ2) is 8.92. The third-order valence-corrected chi connectivity index (χ3v) is 8.36. The van der Waals surface area contributed by atoms with Crippen molar-refractivity contribution < 1.29 is 0 Å². The molecule has 42 heavy (non-hydrogen) atoms. The second-order valence-corrected chi connectivity index (χ2v) is 10.9. The average molecular weight is 534 g/mol. The highest BCUT2D eigenvalue weighted by atomic mass is 14.8. The lowest BCUT2D eigenvalue weighted by molar-refractivity contribution is 1.32. The number of fused-ring (bicyclic) bond motifs is 7. The molecule has 0 atom stereocenters. The maximum absolute atomic E-state index is 5.24. The number of hydrogen-bond donors (Lipinski definition) is 0. The second-order valence-electron chi connectivity index (χ2n) is 10.9. The summed E-state index contributed by atoms with van der Waals surface area (Å²) < 4.78 is 0. The minimum absolute atomic E-state index is 0.837. The average Bonchev–Trinajstić information content (AvgIpc) is 3.05. The third-order valence-electron chi connectivity index (χ3n) is 8.36. The van der Waals surface area contributed by atoms with Crippen LogP contribution < -0.4 is 0 Å². The van der Waals surface area contributed by atoms with Gasteiger partial charge in [0, 0.05) is 27.1 Å². The number of rotatable bonds is 2. The fourth-order valence-electron chi connectivity index (χ4n) is 6.22. The molecule has 0 amide bonds. The summed E-state index contributed by atoms with van der Waals surface area (Å²) in [7, 11) is 0. The van der Waals surface area contributed by atoms with Gasteiger partial charge in [0.05, 0.1) is 33.6 Å². The van der Waals surface area contributed by atoms with Gasteiger partial charge in [-0.15, -0.1) is 0 Å². The van der Waals surface area contributed by atoms with E-state index in [-0.39, 0.29) is 0 Å². The quantitative estimate of drug-likeness (QED) is 0.164. The molecule has 0 bridgehead atoms. The van der Waals surface area contributed by atoms with Gasteiger partial charge in [-0.25, -0.2) is 15.0 Å². The molecule has 0 aliphatic carbocycles. The molecule has 0 N–H and O–H groups in total. The van der Waals surface area contributed by atoms with Gasteiger partial charge in [-0.05, 0) is 69.4 Å². The first-order valence-electron chi connectivity index (χ1n) is 14.2. The molecule has 0 saturated heterocycles. The topological polar surface area (TPSA) is 38.7 Å². The van der Waals surface area contributed by atoms with Gasteiger partial charge < -0.3 is 0 Å². The highest BCUT2D eigenvalue weighted by Gasteiger charge is 2.15. The molecule has 0 fully saturated rings. The van der Waals surface area contributed by atoms with Crippen LogP contribution >= 0.6 is 0 Å². The molecule has 6 aromatic carbocycles. The molecule has 194 valence electrons. The normalized spacial score (nSPS) is 11.8. The van der Waals surface area contributed by atoms with Crippen LogP contribution in [0.2, 0.25) is 0 Å². The highest BCUT2D eigenvalue weighted by molar-refractivity contribution is 6.11. The van der Waals surface area contributed by atoms with Gasteiger partial charge in [0.15, 0.2) is 0 Å². The first kappa shape index (κ1) is 23.1. The van der Waals surface area contributed by atoms with Gasteiger partial charge in [0.1, 0.15) is 0 Å². The van der Waals surface area contributed by atoms with Crippen molar-refractivity contribution in [1.29, 1.82) is 0 Å². The van der Waals surface area contributed by atoms with E-state index >= 15 is 0 Å². The lowest BCUT2D eigenvalue weighted by Gasteiger charge is -2.13. The molecule has 0 spiro atoms. The zero-order valence-electron chi connectivity index (χ0n) is 22.6. The third kappa shape index (κ3) is 3.64. The molecule has 3 heteroatoms. The van der Waals surface area contributed by atoms with Crippen molar-refractivity contribution in [2.24, 2.45) is 0 Å². The summed E-state index contributed by atoms with van der Waals surface area (Å²) in [6.07, 6.45) is 0. The van der Waals surface area contributed by atoms with E-state index in [1.165, 1.54) is 21.5 Å². The van der Waals surface area contributed by atoms with Gasteiger partial charge in [-0.3, -0.25) is 0 Å². The van der Waals surface area contributed by atoms with Gasteiger partial charge in [-0.2, -0.15) is 0 Å². The molecule has 3 nitrogen and oxygen atoms in total. The molecule has 0 radical (unpaired) electrons. The van der Waals surface area contributed by atoms with Crippen molar-refractivity contribution >= 4 is 65.0 Å². The largest absolute Gasteiger partial charge is 0.248 e. The Bertz CT molecular complexity index is 2530. The van der Waals surface area contributed by atoms with Crippen LogP contribution in [-0.4, -0.2) is 15.0 Å². The van der Waals surface area contributed by atoms with Crippen LogP contribution in [0.3, 0.4) is 0 Å².